The molecule has 0 aliphatic carbocycles. The van der Waals surface area contributed by atoms with Crippen LogP contribution in [0.5, 0.6) is 0 Å². The number of nitrogens with one attached hydrogen (secondary N) is 1. The minimum absolute atomic E-state index is 0.113. The van der Waals surface area contributed by atoms with Gasteiger partial charge in [0.2, 0.25) is 0 Å². The van der Waals surface area contributed by atoms with E-state index < -0.39 is 17.2 Å². The Morgan fingerprint density at radius 3 is 0.854 bits per heavy atom. The summed E-state index contributed by atoms with van der Waals surface area (Å²) in [5.41, 5.74) is 8.47. The van der Waals surface area contributed by atoms with E-state index in [4.69, 9.17) is 20.7 Å². The lowest BCUT2D eigenvalue weighted by atomic mass is 9.80. The molecule has 0 fully saturated rings. The van der Waals surface area contributed by atoms with Gasteiger partial charge in [-0.15, -0.1) is 0 Å². The summed E-state index contributed by atoms with van der Waals surface area (Å²) < 4.78 is 17.9. The van der Waals surface area contributed by atoms with Crippen LogP contribution in [0.1, 0.15) is 58.4 Å². The van der Waals surface area contributed by atoms with Gasteiger partial charge in [-0.2, -0.15) is 0 Å². The van der Waals surface area contributed by atoms with Gasteiger partial charge in [-0.25, -0.2) is 16.2 Å². The molecule has 1 amide bonds. The molecule has 0 unspecified atom stereocenters. The number of hydroxylamine groups is 1. The zero-order chi connectivity index (χ0) is 64.5. The van der Waals surface area contributed by atoms with Gasteiger partial charge in [0.05, 0.1) is 54.6 Å². The van der Waals surface area contributed by atoms with Crippen LogP contribution in [0.25, 0.3) is 12.2 Å². The molecular weight excluding hydrogens is 1130 g/mol. The van der Waals surface area contributed by atoms with Crippen LogP contribution in [0.2, 0.25) is 0 Å². The number of carboxylic acid groups (broad SMARTS) is 1. The maximum absolute atomic E-state index is 12.6. The first-order valence-corrected chi connectivity index (χ1v) is 28.3. The number of carboxylic acids is 1. The van der Waals surface area contributed by atoms with E-state index in [1.54, 1.807) is 22.0 Å². The monoisotopic (exact) mass is 1210 g/mol. The lowest BCUT2D eigenvalue weighted by Crippen LogP contribution is -2.40. The standard InChI is InChI=1S/C28H23NO2.C19H17NO.C9H8O2.2C8H15NO4/c30-27(22-21-23-13-5-1-6-14-23)29-31-28(24-15-7-2-8-16-24,25-17-9-3-10-18-25)26-19-11-4-12-20-26;20-21-19(16-10-4-1-5-11-16,17-12-6-2-7-13-17)18-14-8-3-9-15-18;10-9(11)7-6-8-4-2-1-3-5-8;2*1-4-9(5-7(10)12-2)6-8(11)13-3/h1-22H,(H,29,30);1-15H,20H2;1-7H,(H,10,11);2*4-6H2,1-3H3/b22-21+;;7-6+;;. The Morgan fingerprint density at radius 1 is 0.393 bits per heavy atom. The third-order valence-electron chi connectivity index (χ3n) is 13.2. The number of esters is 4. The average molecular weight is 1210 g/mol. The number of amides is 1. The first-order chi connectivity index (χ1) is 43.2. The summed E-state index contributed by atoms with van der Waals surface area (Å²) in [6.07, 6.45) is 5.91. The van der Waals surface area contributed by atoms with E-state index in [0.29, 0.717) is 13.1 Å². The predicted octanol–water partition coefficient (Wildman–Crippen LogP) is 10.7. The molecule has 0 aliphatic rings. The molecule has 8 aromatic carbocycles. The number of nitrogens with zero attached hydrogens (tertiary/aromatic N) is 2. The Balaban J connectivity index is 0.000000254. The molecule has 0 atom stereocenters. The van der Waals surface area contributed by atoms with E-state index in [2.05, 4.69) is 24.4 Å². The molecule has 0 saturated heterocycles. The van der Waals surface area contributed by atoms with Gasteiger partial charge in [0, 0.05) is 12.2 Å². The molecule has 8 aromatic rings. The molecule has 0 aromatic heterocycles. The van der Waals surface area contributed by atoms with Crippen molar-refractivity contribution in [3.05, 3.63) is 299 Å². The summed E-state index contributed by atoms with van der Waals surface area (Å²) in [6, 6.07) is 78.9. The number of ether oxygens (including phenoxy) is 4. The fourth-order valence-corrected chi connectivity index (χ4v) is 8.59. The second kappa shape index (κ2) is 40.3. The van der Waals surface area contributed by atoms with Crippen molar-refractivity contribution < 1.29 is 62.5 Å². The van der Waals surface area contributed by atoms with Crippen LogP contribution >= 0.6 is 0 Å². The molecule has 17 nitrogen and oxygen atoms in total. The minimum Gasteiger partial charge on any atom is -0.478 e. The smallest absolute Gasteiger partial charge is 0.328 e. The molecule has 17 heteroatoms. The Bertz CT molecular complexity index is 3100. The van der Waals surface area contributed by atoms with Gasteiger partial charge >= 0.3 is 29.8 Å². The van der Waals surface area contributed by atoms with Crippen molar-refractivity contribution in [3.8, 4) is 0 Å². The average Bonchev–Trinajstić information content (AvgIpc) is 1.03. The van der Waals surface area contributed by atoms with Crippen LogP contribution in [-0.4, -0.2) is 118 Å². The maximum Gasteiger partial charge on any atom is 0.328 e. The van der Waals surface area contributed by atoms with Gasteiger partial charge in [-0.05, 0) is 69.7 Å². The molecule has 0 aliphatic heterocycles. The van der Waals surface area contributed by atoms with Crippen molar-refractivity contribution >= 4 is 47.9 Å². The van der Waals surface area contributed by atoms with E-state index in [9.17, 15) is 28.8 Å². The highest BCUT2D eigenvalue weighted by Crippen LogP contribution is 2.40. The molecular formula is C72H78N4O13. The number of hydrogen-bond acceptors (Lipinski definition) is 15. The topological polar surface area (TPSA) is 223 Å². The number of carbonyl (C=O) groups excluding carboxylic acids is 5. The number of nitrogens with two attached hydrogens (primary N) is 1. The molecule has 0 heterocycles. The third kappa shape index (κ3) is 23.9. The summed E-state index contributed by atoms with van der Waals surface area (Å²) in [4.78, 5) is 81.2. The minimum atomic E-state index is -1.000. The van der Waals surface area contributed by atoms with Gasteiger partial charge in [0.1, 0.15) is 0 Å². The van der Waals surface area contributed by atoms with Gasteiger partial charge in [0.25, 0.3) is 5.91 Å². The van der Waals surface area contributed by atoms with E-state index in [-0.39, 0.29) is 56.0 Å². The van der Waals surface area contributed by atoms with Crippen molar-refractivity contribution in [1.82, 2.24) is 15.3 Å². The van der Waals surface area contributed by atoms with Crippen molar-refractivity contribution in [1.29, 1.82) is 0 Å². The molecule has 0 bridgehead atoms. The fourth-order valence-electron chi connectivity index (χ4n) is 8.59. The number of likely N-dealkylation sites (N-methyl/N-ethyl adjacent to an activating group) is 2. The molecule has 4 N–H and O–H groups in total. The molecule has 0 radical (unpaired) electrons. The third-order valence-corrected chi connectivity index (χ3v) is 13.2. The van der Waals surface area contributed by atoms with E-state index in [0.717, 1.165) is 50.6 Å². The van der Waals surface area contributed by atoms with Gasteiger partial charge in [0.15, 0.2) is 11.2 Å². The van der Waals surface area contributed by atoms with Gasteiger partial charge < -0.3 is 24.1 Å². The summed E-state index contributed by atoms with van der Waals surface area (Å²) in [6.45, 7) is 5.36. The SMILES string of the molecule is CCN(CC(=O)OC)CC(=O)OC.CCN(CC(=O)OC)CC(=O)OC.NOC(c1ccccc1)(c1ccccc1)c1ccccc1.O=C(/C=C/c1ccccc1)NOC(c1ccccc1)(c1ccccc1)c1ccccc1.O=C(O)/C=C/c1ccccc1. The van der Waals surface area contributed by atoms with Crippen LogP contribution in [0.15, 0.2) is 255 Å². The predicted molar refractivity (Wildman–Crippen MR) is 344 cm³/mol. The summed E-state index contributed by atoms with van der Waals surface area (Å²) >= 11 is 0. The van der Waals surface area contributed by atoms with E-state index in [1.165, 1.54) is 34.5 Å². The van der Waals surface area contributed by atoms with Crippen LogP contribution in [0, 0.1) is 0 Å². The quantitative estimate of drug-likeness (QED) is 0.0178. The van der Waals surface area contributed by atoms with Crippen LogP contribution in [0.4, 0.5) is 0 Å². The maximum atomic E-state index is 12.6. The van der Waals surface area contributed by atoms with Crippen LogP contribution < -0.4 is 11.4 Å². The highest BCUT2D eigenvalue weighted by Gasteiger charge is 2.39. The highest BCUT2D eigenvalue weighted by molar-refractivity contribution is 5.91. The zero-order valence-electron chi connectivity index (χ0n) is 51.0. The molecule has 0 spiro atoms. The Hall–Kier alpha value is -10.1. The van der Waals surface area contributed by atoms with Gasteiger partial charge in [-0.1, -0.05) is 257 Å². The number of hydrogen-bond donors (Lipinski definition) is 3. The zero-order valence-corrected chi connectivity index (χ0v) is 51.0. The normalized spacial score (nSPS) is 10.8. The Labute approximate surface area is 521 Å². The fraction of sp³-hybridized carbons (Fsp3) is 0.194. The second-order valence-corrected chi connectivity index (χ2v) is 19.0. The first-order valence-electron chi connectivity index (χ1n) is 28.3. The van der Waals surface area contributed by atoms with E-state index in [1.807, 2.05) is 257 Å². The van der Waals surface area contributed by atoms with Crippen molar-refractivity contribution in [2.45, 2.75) is 25.0 Å². The summed E-state index contributed by atoms with van der Waals surface area (Å²) in [5, 5.41) is 8.29. The second-order valence-electron chi connectivity index (χ2n) is 19.0. The number of aliphatic carboxylic acids is 1. The number of carbonyl (C=O) groups is 6. The van der Waals surface area contributed by atoms with Crippen molar-refractivity contribution in [2.24, 2.45) is 5.90 Å². The Kier molecular flexibility index (Phi) is 32.3. The highest BCUT2D eigenvalue weighted by atomic mass is 16.7. The van der Waals surface area contributed by atoms with Crippen LogP contribution in [0.3, 0.4) is 0 Å². The number of benzene rings is 8. The molecule has 464 valence electrons. The molecule has 89 heavy (non-hydrogen) atoms. The van der Waals surface area contributed by atoms with Crippen molar-refractivity contribution in [3.63, 3.8) is 0 Å². The largest absolute Gasteiger partial charge is 0.478 e. The molecule has 0 saturated carbocycles. The Morgan fingerprint density at radius 2 is 0.629 bits per heavy atom. The molecule has 8 rings (SSSR count). The van der Waals surface area contributed by atoms with Crippen LogP contribution in [-0.2, 0) is 68.6 Å². The lowest BCUT2D eigenvalue weighted by molar-refractivity contribution is -0.147. The van der Waals surface area contributed by atoms with Crippen molar-refractivity contribution in [2.75, 3.05) is 67.7 Å². The number of rotatable bonds is 23. The number of methoxy groups -OCH3 is 4. The summed E-state index contributed by atoms with van der Waals surface area (Å²) in [5.74, 6) is 3.12. The van der Waals surface area contributed by atoms with Gasteiger partial charge in [-0.3, -0.25) is 43.4 Å². The summed E-state index contributed by atoms with van der Waals surface area (Å²) in [7, 11) is 5.26. The lowest BCUT2D eigenvalue weighted by Gasteiger charge is -2.34. The van der Waals surface area contributed by atoms with E-state index >= 15 is 0 Å². The first kappa shape index (κ1) is 71.3.